The third-order valence-corrected chi connectivity index (χ3v) is 4.72. The smallest absolute Gasteiger partial charge is 0.127 e. The highest BCUT2D eigenvalue weighted by Crippen LogP contribution is 2.28. The summed E-state index contributed by atoms with van der Waals surface area (Å²) < 4.78 is 2.35. The highest BCUT2D eigenvalue weighted by atomic mass is 35.5. The van der Waals surface area contributed by atoms with Gasteiger partial charge in [-0.2, -0.15) is 0 Å². The monoisotopic (exact) mass is 305 g/mol. The number of rotatable bonds is 3. The van der Waals surface area contributed by atoms with Crippen LogP contribution in [0.1, 0.15) is 36.5 Å². The van der Waals surface area contributed by atoms with E-state index in [1.54, 1.807) is 0 Å². The van der Waals surface area contributed by atoms with Gasteiger partial charge in [0.15, 0.2) is 0 Å². The van der Waals surface area contributed by atoms with Gasteiger partial charge < -0.3 is 9.47 Å². The van der Waals surface area contributed by atoms with Crippen LogP contribution >= 0.6 is 11.6 Å². The highest BCUT2D eigenvalue weighted by molar-refractivity contribution is 6.20. The van der Waals surface area contributed by atoms with Crippen molar-refractivity contribution in [3.05, 3.63) is 29.6 Å². The third-order valence-electron chi connectivity index (χ3n) is 4.53. The van der Waals surface area contributed by atoms with Crippen LogP contribution in [-0.4, -0.2) is 34.6 Å². The van der Waals surface area contributed by atoms with Crippen molar-refractivity contribution < 1.29 is 0 Å². The first kappa shape index (κ1) is 14.9. The molecule has 1 aromatic carbocycles. The molecule has 114 valence electrons. The number of hydrogen-bond donors (Lipinski definition) is 0. The molecule has 2 aromatic rings. The number of hydrogen-bond acceptors (Lipinski definition) is 2. The van der Waals surface area contributed by atoms with Crippen LogP contribution < -0.4 is 0 Å². The van der Waals surface area contributed by atoms with Crippen molar-refractivity contribution in [2.75, 3.05) is 20.1 Å². The van der Waals surface area contributed by atoms with E-state index >= 15 is 0 Å². The predicted octanol–water partition coefficient (Wildman–Crippen LogP) is 3.99. The van der Waals surface area contributed by atoms with Crippen LogP contribution in [0.15, 0.2) is 18.2 Å². The first-order valence-electron chi connectivity index (χ1n) is 7.84. The highest BCUT2D eigenvalue weighted by Gasteiger charge is 2.22. The molecule has 1 aliphatic heterocycles. The summed E-state index contributed by atoms with van der Waals surface area (Å²) in [7, 11) is 2.22. The standard InChI is InChI=1S/C17H24ClN3/c1-12-6-4-8-15-16(12)19-17(13(2)18)21(15)11-14-7-5-9-20(3)10-14/h4,6,8,13-14H,5,7,9-11H2,1-3H3. The molecule has 0 saturated carbocycles. The van der Waals surface area contributed by atoms with E-state index in [4.69, 9.17) is 16.6 Å². The summed E-state index contributed by atoms with van der Waals surface area (Å²) in [4.78, 5) is 7.25. The maximum absolute atomic E-state index is 6.38. The molecule has 2 unspecified atom stereocenters. The fourth-order valence-electron chi connectivity index (χ4n) is 3.48. The number of likely N-dealkylation sites (tertiary alicyclic amines) is 1. The molecule has 0 aliphatic carbocycles. The van der Waals surface area contributed by atoms with Crippen molar-refractivity contribution >= 4 is 22.6 Å². The number of fused-ring (bicyclic) bond motifs is 1. The molecule has 2 heterocycles. The van der Waals surface area contributed by atoms with E-state index in [0.29, 0.717) is 5.92 Å². The van der Waals surface area contributed by atoms with E-state index in [1.807, 2.05) is 6.92 Å². The molecule has 0 amide bonds. The van der Waals surface area contributed by atoms with Gasteiger partial charge >= 0.3 is 0 Å². The zero-order valence-corrected chi connectivity index (χ0v) is 13.9. The van der Waals surface area contributed by atoms with Crippen molar-refractivity contribution in [3.63, 3.8) is 0 Å². The van der Waals surface area contributed by atoms with E-state index < -0.39 is 0 Å². The van der Waals surface area contributed by atoms with E-state index in [9.17, 15) is 0 Å². The van der Waals surface area contributed by atoms with E-state index in [-0.39, 0.29) is 5.38 Å². The molecule has 0 spiro atoms. The van der Waals surface area contributed by atoms with Crippen LogP contribution in [0, 0.1) is 12.8 Å². The van der Waals surface area contributed by atoms with Crippen molar-refractivity contribution in [2.24, 2.45) is 5.92 Å². The SMILES string of the molecule is Cc1cccc2c1nc(C(C)Cl)n2CC1CCCN(C)C1. The Labute approximate surface area is 131 Å². The van der Waals surface area contributed by atoms with Gasteiger partial charge in [-0.25, -0.2) is 4.98 Å². The molecule has 2 atom stereocenters. The summed E-state index contributed by atoms with van der Waals surface area (Å²) in [6.45, 7) is 7.55. The van der Waals surface area contributed by atoms with E-state index in [2.05, 4.69) is 41.6 Å². The number of nitrogens with zero attached hydrogens (tertiary/aromatic N) is 3. The Kier molecular flexibility index (Phi) is 4.23. The van der Waals surface area contributed by atoms with Gasteiger partial charge in [-0.1, -0.05) is 12.1 Å². The van der Waals surface area contributed by atoms with Gasteiger partial charge in [-0.3, -0.25) is 0 Å². The molecule has 21 heavy (non-hydrogen) atoms. The second kappa shape index (κ2) is 5.98. The Morgan fingerprint density at radius 3 is 2.95 bits per heavy atom. The zero-order chi connectivity index (χ0) is 15.0. The zero-order valence-electron chi connectivity index (χ0n) is 13.1. The lowest BCUT2D eigenvalue weighted by molar-refractivity contribution is 0.194. The van der Waals surface area contributed by atoms with Crippen LogP contribution in [0.3, 0.4) is 0 Å². The van der Waals surface area contributed by atoms with Gasteiger partial charge in [0, 0.05) is 13.1 Å². The van der Waals surface area contributed by atoms with Crippen molar-refractivity contribution in [1.29, 1.82) is 0 Å². The van der Waals surface area contributed by atoms with Gasteiger partial charge in [0.1, 0.15) is 5.82 Å². The molecular weight excluding hydrogens is 282 g/mol. The van der Waals surface area contributed by atoms with E-state index in [1.165, 1.54) is 37.0 Å². The number of imidazole rings is 1. The van der Waals surface area contributed by atoms with Crippen molar-refractivity contribution in [2.45, 2.75) is 38.6 Å². The number of para-hydroxylation sites is 1. The van der Waals surface area contributed by atoms with E-state index in [0.717, 1.165) is 17.9 Å². The summed E-state index contributed by atoms with van der Waals surface area (Å²) in [6, 6.07) is 6.41. The number of aromatic nitrogens is 2. The lowest BCUT2D eigenvalue weighted by Gasteiger charge is -2.30. The Hall–Kier alpha value is -1.06. The van der Waals surface area contributed by atoms with Crippen LogP contribution in [-0.2, 0) is 6.54 Å². The lowest BCUT2D eigenvalue weighted by atomic mass is 9.98. The molecule has 4 heteroatoms. The van der Waals surface area contributed by atoms with Crippen LogP contribution in [0.4, 0.5) is 0 Å². The summed E-state index contributed by atoms with van der Waals surface area (Å²) in [5.41, 5.74) is 3.56. The van der Waals surface area contributed by atoms with Crippen molar-refractivity contribution in [3.8, 4) is 0 Å². The lowest BCUT2D eigenvalue weighted by Crippen LogP contribution is -2.34. The minimum atomic E-state index is -0.0573. The molecule has 3 nitrogen and oxygen atoms in total. The molecule has 1 fully saturated rings. The summed E-state index contributed by atoms with van der Waals surface area (Å²) in [5.74, 6) is 1.70. The predicted molar refractivity (Wildman–Crippen MR) is 89.0 cm³/mol. The van der Waals surface area contributed by atoms with Gasteiger partial charge in [-0.05, 0) is 57.8 Å². The second-order valence-corrected chi connectivity index (χ2v) is 7.06. The molecule has 0 radical (unpaired) electrons. The second-order valence-electron chi connectivity index (χ2n) is 6.41. The number of benzene rings is 1. The topological polar surface area (TPSA) is 21.1 Å². The third kappa shape index (κ3) is 2.95. The fraction of sp³-hybridized carbons (Fsp3) is 0.588. The van der Waals surface area contributed by atoms with Crippen LogP contribution in [0.25, 0.3) is 11.0 Å². The van der Waals surface area contributed by atoms with Crippen LogP contribution in [0.2, 0.25) is 0 Å². The molecule has 3 rings (SSSR count). The van der Waals surface area contributed by atoms with Crippen molar-refractivity contribution in [1.82, 2.24) is 14.5 Å². The van der Waals surface area contributed by atoms with Gasteiger partial charge in [0.25, 0.3) is 0 Å². The Morgan fingerprint density at radius 1 is 1.43 bits per heavy atom. The first-order valence-corrected chi connectivity index (χ1v) is 8.28. The number of piperidine rings is 1. The molecule has 0 N–H and O–H groups in total. The maximum atomic E-state index is 6.38. The Bertz CT molecular complexity index is 632. The fourth-order valence-corrected chi connectivity index (χ4v) is 3.65. The summed E-state index contributed by atoms with van der Waals surface area (Å²) >= 11 is 6.38. The maximum Gasteiger partial charge on any atom is 0.127 e. The minimum absolute atomic E-state index is 0.0573. The van der Waals surface area contributed by atoms with Crippen LogP contribution in [0.5, 0.6) is 0 Å². The molecular formula is C17H24ClN3. The molecule has 1 saturated heterocycles. The number of aryl methyl sites for hydroxylation is 1. The normalized spacial score (nSPS) is 21.8. The molecule has 0 bridgehead atoms. The largest absolute Gasteiger partial charge is 0.326 e. The Balaban J connectivity index is 1.99. The minimum Gasteiger partial charge on any atom is -0.326 e. The summed E-state index contributed by atoms with van der Waals surface area (Å²) in [6.07, 6.45) is 2.59. The number of alkyl halides is 1. The van der Waals surface area contributed by atoms with Gasteiger partial charge in [-0.15, -0.1) is 11.6 Å². The molecule has 1 aromatic heterocycles. The number of halogens is 1. The summed E-state index contributed by atoms with van der Waals surface area (Å²) in [5, 5.41) is -0.0573. The quantitative estimate of drug-likeness (QED) is 0.800. The van der Waals surface area contributed by atoms with Gasteiger partial charge in [0.2, 0.25) is 0 Å². The van der Waals surface area contributed by atoms with Gasteiger partial charge in [0.05, 0.1) is 16.4 Å². The Morgan fingerprint density at radius 2 is 2.24 bits per heavy atom. The molecule has 1 aliphatic rings. The average Bonchev–Trinajstić information content (AvgIpc) is 2.80. The first-order chi connectivity index (χ1) is 10.1. The average molecular weight is 306 g/mol.